The van der Waals surface area contributed by atoms with Gasteiger partial charge in [-0.15, -0.1) is 10.2 Å². The Morgan fingerprint density at radius 1 is 1.25 bits per heavy atom. The minimum Gasteiger partial charge on any atom is -0.484 e. The number of aryl methyl sites for hydroxylation is 1. The first-order chi connectivity index (χ1) is 11.8. The minimum atomic E-state index is -0.217. The van der Waals surface area contributed by atoms with Crippen molar-refractivity contribution in [1.82, 2.24) is 20.1 Å². The van der Waals surface area contributed by atoms with Gasteiger partial charge in [-0.3, -0.25) is 4.79 Å². The summed E-state index contributed by atoms with van der Waals surface area (Å²) in [7, 11) is 0. The summed E-state index contributed by atoms with van der Waals surface area (Å²) in [4.78, 5) is 11.9. The third-order valence-corrected chi connectivity index (χ3v) is 3.98. The molecule has 0 fully saturated rings. The quantitative estimate of drug-likeness (QED) is 0.901. The van der Waals surface area contributed by atoms with Crippen LogP contribution in [-0.2, 0) is 24.3 Å². The van der Waals surface area contributed by atoms with E-state index in [-0.39, 0.29) is 12.5 Å². The number of ether oxygens (including phenoxy) is 1. The number of rotatable bonds is 5. The first-order valence-electron chi connectivity index (χ1n) is 8.07. The molecule has 0 saturated carbocycles. The lowest BCUT2D eigenvalue weighted by molar-refractivity contribution is -0.123. The molecule has 1 aromatic heterocycles. The SMILES string of the molecule is N#Cc1ccc(OCC(=O)NCc2nnc3n2CCCCC3)cc1. The summed E-state index contributed by atoms with van der Waals surface area (Å²) in [5.41, 5.74) is 0.555. The molecule has 0 bridgehead atoms. The maximum Gasteiger partial charge on any atom is 0.258 e. The van der Waals surface area contributed by atoms with E-state index in [9.17, 15) is 4.79 Å². The maximum atomic E-state index is 11.9. The topological polar surface area (TPSA) is 92.8 Å². The zero-order chi connectivity index (χ0) is 16.8. The molecule has 1 aliphatic rings. The highest BCUT2D eigenvalue weighted by atomic mass is 16.5. The van der Waals surface area contributed by atoms with Gasteiger partial charge in [-0.25, -0.2) is 0 Å². The van der Waals surface area contributed by atoms with Crippen molar-refractivity contribution in [2.45, 2.75) is 38.8 Å². The number of benzene rings is 1. The Bertz CT molecular complexity index is 745. The fourth-order valence-electron chi connectivity index (χ4n) is 2.68. The Morgan fingerprint density at radius 2 is 2.08 bits per heavy atom. The average molecular weight is 325 g/mol. The molecule has 7 nitrogen and oxygen atoms in total. The number of fused-ring (bicyclic) bond motifs is 1. The van der Waals surface area contributed by atoms with Crippen molar-refractivity contribution in [1.29, 1.82) is 5.26 Å². The summed E-state index contributed by atoms with van der Waals surface area (Å²) >= 11 is 0. The van der Waals surface area contributed by atoms with Crippen LogP contribution in [-0.4, -0.2) is 27.3 Å². The predicted molar refractivity (Wildman–Crippen MR) is 86.1 cm³/mol. The molecular formula is C17H19N5O2. The lowest BCUT2D eigenvalue weighted by Gasteiger charge is -2.09. The van der Waals surface area contributed by atoms with E-state index in [0.29, 0.717) is 17.9 Å². The molecule has 0 unspecified atom stereocenters. The third-order valence-electron chi connectivity index (χ3n) is 3.98. The molecule has 1 amide bonds. The van der Waals surface area contributed by atoms with Crippen LogP contribution in [0.3, 0.4) is 0 Å². The largest absolute Gasteiger partial charge is 0.484 e. The Hall–Kier alpha value is -2.88. The number of nitriles is 1. The fourth-order valence-corrected chi connectivity index (χ4v) is 2.68. The van der Waals surface area contributed by atoms with Crippen LogP contribution in [0, 0.1) is 11.3 Å². The second-order valence-electron chi connectivity index (χ2n) is 5.70. The Morgan fingerprint density at radius 3 is 2.88 bits per heavy atom. The molecule has 0 spiro atoms. The van der Waals surface area contributed by atoms with Gasteiger partial charge >= 0.3 is 0 Å². The Balaban J connectivity index is 1.49. The van der Waals surface area contributed by atoms with Crippen molar-refractivity contribution in [3.05, 3.63) is 41.5 Å². The smallest absolute Gasteiger partial charge is 0.258 e. The molecule has 1 aliphatic heterocycles. The molecule has 2 aromatic rings. The number of nitrogens with zero attached hydrogens (tertiary/aromatic N) is 4. The lowest BCUT2D eigenvalue weighted by Crippen LogP contribution is -2.29. The summed E-state index contributed by atoms with van der Waals surface area (Å²) in [5.74, 6) is 2.13. The molecule has 24 heavy (non-hydrogen) atoms. The molecule has 0 atom stereocenters. The van der Waals surface area contributed by atoms with Crippen LogP contribution in [0.25, 0.3) is 0 Å². The minimum absolute atomic E-state index is 0.0765. The van der Waals surface area contributed by atoms with Gasteiger partial charge in [-0.1, -0.05) is 6.42 Å². The highest BCUT2D eigenvalue weighted by Crippen LogP contribution is 2.14. The summed E-state index contributed by atoms with van der Waals surface area (Å²) in [5, 5.41) is 19.9. The van der Waals surface area contributed by atoms with Crippen molar-refractivity contribution in [2.24, 2.45) is 0 Å². The summed E-state index contributed by atoms with van der Waals surface area (Å²) < 4.78 is 7.51. The highest BCUT2D eigenvalue weighted by Gasteiger charge is 2.15. The zero-order valence-corrected chi connectivity index (χ0v) is 13.4. The molecule has 3 rings (SSSR count). The first-order valence-corrected chi connectivity index (χ1v) is 8.07. The second-order valence-corrected chi connectivity index (χ2v) is 5.70. The molecule has 0 aliphatic carbocycles. The van der Waals surface area contributed by atoms with Crippen molar-refractivity contribution >= 4 is 5.91 Å². The molecule has 0 saturated heterocycles. The van der Waals surface area contributed by atoms with Gasteiger partial charge in [0.15, 0.2) is 12.4 Å². The number of nitrogens with one attached hydrogen (secondary N) is 1. The number of carbonyl (C=O) groups excluding carboxylic acids is 1. The van der Waals surface area contributed by atoms with E-state index in [1.165, 1.54) is 6.42 Å². The molecule has 1 aromatic carbocycles. The second kappa shape index (κ2) is 7.59. The number of carbonyl (C=O) groups is 1. The van der Waals surface area contributed by atoms with E-state index in [1.807, 2.05) is 6.07 Å². The average Bonchev–Trinajstić information content (AvgIpc) is 2.85. The van der Waals surface area contributed by atoms with Crippen LogP contribution >= 0.6 is 0 Å². The zero-order valence-electron chi connectivity index (χ0n) is 13.4. The van der Waals surface area contributed by atoms with Gasteiger partial charge in [0.2, 0.25) is 0 Å². The van der Waals surface area contributed by atoms with Gasteiger partial charge in [0.1, 0.15) is 11.6 Å². The molecule has 0 radical (unpaired) electrons. The van der Waals surface area contributed by atoms with Gasteiger partial charge in [0.05, 0.1) is 18.2 Å². The molecule has 2 heterocycles. The number of amides is 1. The van der Waals surface area contributed by atoms with Gasteiger partial charge in [-0.2, -0.15) is 5.26 Å². The van der Waals surface area contributed by atoms with Crippen LogP contribution in [0.2, 0.25) is 0 Å². The number of hydrogen-bond donors (Lipinski definition) is 1. The normalized spacial score (nSPS) is 13.5. The van der Waals surface area contributed by atoms with Crippen LogP contribution in [0.1, 0.15) is 36.5 Å². The molecule has 1 N–H and O–H groups in total. The highest BCUT2D eigenvalue weighted by molar-refractivity contribution is 5.77. The lowest BCUT2D eigenvalue weighted by atomic mass is 10.2. The predicted octanol–water partition coefficient (Wildman–Crippen LogP) is 1.57. The van der Waals surface area contributed by atoms with E-state index in [1.54, 1.807) is 24.3 Å². The summed E-state index contributed by atoms with van der Waals surface area (Å²) in [6.07, 6.45) is 4.41. The van der Waals surface area contributed by atoms with Gasteiger partial charge in [0, 0.05) is 13.0 Å². The van der Waals surface area contributed by atoms with Crippen molar-refractivity contribution in [2.75, 3.05) is 6.61 Å². The fraction of sp³-hybridized carbons (Fsp3) is 0.412. The van der Waals surface area contributed by atoms with Gasteiger partial charge in [-0.05, 0) is 37.1 Å². The van der Waals surface area contributed by atoms with E-state index in [2.05, 4.69) is 20.1 Å². The van der Waals surface area contributed by atoms with Crippen LogP contribution < -0.4 is 10.1 Å². The van der Waals surface area contributed by atoms with Gasteiger partial charge in [0.25, 0.3) is 5.91 Å². The number of hydrogen-bond acceptors (Lipinski definition) is 5. The summed E-state index contributed by atoms with van der Waals surface area (Å²) in [6, 6.07) is 8.68. The van der Waals surface area contributed by atoms with E-state index in [4.69, 9.17) is 10.00 Å². The summed E-state index contributed by atoms with van der Waals surface area (Å²) in [6.45, 7) is 1.19. The van der Waals surface area contributed by atoms with Crippen molar-refractivity contribution in [3.8, 4) is 11.8 Å². The monoisotopic (exact) mass is 325 g/mol. The van der Waals surface area contributed by atoms with E-state index < -0.39 is 0 Å². The molecule has 124 valence electrons. The van der Waals surface area contributed by atoms with Crippen LogP contribution in [0.5, 0.6) is 5.75 Å². The van der Waals surface area contributed by atoms with Crippen molar-refractivity contribution < 1.29 is 9.53 Å². The van der Waals surface area contributed by atoms with Gasteiger partial charge < -0.3 is 14.6 Å². The van der Waals surface area contributed by atoms with Crippen molar-refractivity contribution in [3.63, 3.8) is 0 Å². The Labute approximate surface area is 140 Å². The Kier molecular flexibility index (Phi) is 5.06. The van der Waals surface area contributed by atoms with E-state index >= 15 is 0 Å². The van der Waals surface area contributed by atoms with Crippen LogP contribution in [0.4, 0.5) is 0 Å². The molecular weight excluding hydrogens is 306 g/mol. The maximum absolute atomic E-state index is 11.9. The molecule has 7 heteroatoms. The van der Waals surface area contributed by atoms with Crippen LogP contribution in [0.15, 0.2) is 24.3 Å². The third kappa shape index (κ3) is 3.90. The van der Waals surface area contributed by atoms with E-state index in [0.717, 1.165) is 37.5 Å². The standard InChI is InChI=1S/C17H19N5O2/c18-10-13-5-7-14(8-6-13)24-12-17(23)19-11-16-21-20-15-4-2-1-3-9-22(15)16/h5-8H,1-4,9,11-12H2,(H,19,23). The first kappa shape index (κ1) is 16.0. The number of aromatic nitrogens is 3.